The molecule has 2 aromatic carbocycles. The smallest absolute Gasteiger partial charge is 0.420 e. The molecule has 0 amide bonds. The van der Waals surface area contributed by atoms with Gasteiger partial charge in [-0.1, -0.05) is 0 Å². The van der Waals surface area contributed by atoms with E-state index in [1.807, 2.05) is 0 Å². The maximum absolute atomic E-state index is 13.1. The van der Waals surface area contributed by atoms with Crippen LogP contribution in [0.4, 0.5) is 18.9 Å². The Bertz CT molecular complexity index is 838. The molecule has 0 saturated carbocycles. The Kier molecular flexibility index (Phi) is 5.50. The summed E-state index contributed by atoms with van der Waals surface area (Å²) in [5, 5.41) is 10.9. The van der Waals surface area contributed by atoms with Crippen molar-refractivity contribution in [3.8, 4) is 11.5 Å². The van der Waals surface area contributed by atoms with Gasteiger partial charge in [0.25, 0.3) is 5.69 Å². The predicted molar refractivity (Wildman–Crippen MR) is 88.7 cm³/mol. The van der Waals surface area contributed by atoms with Gasteiger partial charge < -0.3 is 9.47 Å². The Balaban J connectivity index is 2.48. The van der Waals surface area contributed by atoms with Crippen molar-refractivity contribution in [3.63, 3.8) is 0 Å². The summed E-state index contributed by atoms with van der Waals surface area (Å²) < 4.78 is 49.4. The number of rotatable bonds is 4. The zero-order valence-corrected chi connectivity index (χ0v) is 14.6. The largest absolute Gasteiger partial charge is 0.465 e. The first-order valence-electron chi connectivity index (χ1n) is 6.55. The second-order valence-corrected chi connectivity index (χ2v) is 5.91. The van der Waals surface area contributed by atoms with Gasteiger partial charge in [0, 0.05) is 15.7 Å². The third-order valence-electron chi connectivity index (χ3n) is 3.04. The number of halogens is 4. The van der Waals surface area contributed by atoms with Crippen LogP contribution in [0.3, 0.4) is 0 Å². The van der Waals surface area contributed by atoms with Crippen LogP contribution < -0.4 is 4.74 Å². The maximum atomic E-state index is 13.1. The van der Waals surface area contributed by atoms with Gasteiger partial charge in [-0.3, -0.25) is 10.1 Å². The molecule has 25 heavy (non-hydrogen) atoms. The lowest BCUT2D eigenvalue weighted by molar-refractivity contribution is -0.385. The standard InChI is InChI=1S/C15H9F3INO5/c1-24-14(21)10-7-9(3-4-12(10)20(22)23)25-13-5-2-8(19)6-11(13)15(16,17)18/h2-7H,1H3. The number of ether oxygens (including phenoxy) is 2. The minimum atomic E-state index is -4.65. The minimum absolute atomic E-state index is 0.169. The van der Waals surface area contributed by atoms with Crippen molar-refractivity contribution < 1.29 is 32.4 Å². The summed E-state index contributed by atoms with van der Waals surface area (Å²) in [5.41, 5.74) is -1.97. The van der Waals surface area contributed by atoms with Gasteiger partial charge in [0.1, 0.15) is 17.1 Å². The van der Waals surface area contributed by atoms with E-state index in [-0.39, 0.29) is 5.75 Å². The Morgan fingerprint density at radius 2 is 1.88 bits per heavy atom. The van der Waals surface area contributed by atoms with E-state index in [1.54, 1.807) is 22.6 Å². The van der Waals surface area contributed by atoms with Crippen LogP contribution in [0.1, 0.15) is 15.9 Å². The summed E-state index contributed by atoms with van der Waals surface area (Å²) in [5.74, 6) is -1.66. The quantitative estimate of drug-likeness (QED) is 0.280. The average Bonchev–Trinajstić information content (AvgIpc) is 2.54. The van der Waals surface area contributed by atoms with Gasteiger partial charge in [-0.05, 0) is 46.9 Å². The third kappa shape index (κ3) is 4.38. The summed E-state index contributed by atoms with van der Waals surface area (Å²) in [7, 11) is 1.03. The summed E-state index contributed by atoms with van der Waals surface area (Å²) in [6.45, 7) is 0. The average molecular weight is 467 g/mol. The molecule has 0 spiro atoms. The molecule has 0 N–H and O–H groups in total. The van der Waals surface area contributed by atoms with Crippen LogP contribution in [-0.4, -0.2) is 18.0 Å². The molecular weight excluding hydrogens is 458 g/mol. The van der Waals surface area contributed by atoms with Crippen LogP contribution in [0.15, 0.2) is 36.4 Å². The highest BCUT2D eigenvalue weighted by atomic mass is 127. The molecule has 0 heterocycles. The van der Waals surface area contributed by atoms with Crippen molar-refractivity contribution in [2.45, 2.75) is 6.18 Å². The van der Waals surface area contributed by atoms with E-state index in [1.165, 1.54) is 6.07 Å². The molecular formula is C15H9F3INO5. The Morgan fingerprint density at radius 1 is 1.20 bits per heavy atom. The van der Waals surface area contributed by atoms with E-state index < -0.39 is 39.6 Å². The lowest BCUT2D eigenvalue weighted by Crippen LogP contribution is -2.08. The van der Waals surface area contributed by atoms with Gasteiger partial charge in [0.15, 0.2) is 0 Å². The summed E-state index contributed by atoms with van der Waals surface area (Å²) in [6.07, 6.45) is -4.65. The van der Waals surface area contributed by atoms with Crippen LogP contribution >= 0.6 is 22.6 Å². The summed E-state index contributed by atoms with van der Waals surface area (Å²) in [6, 6.07) is 6.47. The van der Waals surface area contributed by atoms with E-state index >= 15 is 0 Å². The molecule has 0 atom stereocenters. The number of alkyl halides is 3. The van der Waals surface area contributed by atoms with E-state index in [0.717, 1.165) is 37.4 Å². The van der Waals surface area contributed by atoms with Gasteiger partial charge in [0.2, 0.25) is 0 Å². The van der Waals surface area contributed by atoms with E-state index in [4.69, 9.17) is 4.74 Å². The zero-order valence-electron chi connectivity index (χ0n) is 12.5. The van der Waals surface area contributed by atoms with Gasteiger partial charge in [-0.2, -0.15) is 13.2 Å². The highest BCUT2D eigenvalue weighted by Gasteiger charge is 2.35. The molecule has 0 aliphatic carbocycles. The van der Waals surface area contributed by atoms with E-state index in [0.29, 0.717) is 3.57 Å². The van der Waals surface area contributed by atoms with Crippen LogP contribution in [0.25, 0.3) is 0 Å². The van der Waals surface area contributed by atoms with Crippen molar-refractivity contribution in [2.75, 3.05) is 7.11 Å². The Hall–Kier alpha value is -2.37. The van der Waals surface area contributed by atoms with Crippen molar-refractivity contribution in [1.82, 2.24) is 0 Å². The first-order valence-corrected chi connectivity index (χ1v) is 7.62. The van der Waals surface area contributed by atoms with Crippen molar-refractivity contribution >= 4 is 34.2 Å². The van der Waals surface area contributed by atoms with E-state index in [2.05, 4.69) is 4.74 Å². The van der Waals surface area contributed by atoms with Gasteiger partial charge in [0.05, 0.1) is 17.6 Å². The second-order valence-electron chi connectivity index (χ2n) is 4.67. The monoisotopic (exact) mass is 467 g/mol. The summed E-state index contributed by atoms with van der Waals surface area (Å²) in [4.78, 5) is 21.8. The second kappa shape index (κ2) is 7.25. The first-order chi connectivity index (χ1) is 11.6. The number of hydrogen-bond acceptors (Lipinski definition) is 5. The zero-order chi connectivity index (χ0) is 18.8. The van der Waals surface area contributed by atoms with Crippen LogP contribution in [0.2, 0.25) is 0 Å². The fourth-order valence-electron chi connectivity index (χ4n) is 1.95. The number of nitro groups is 1. The molecule has 2 rings (SSSR count). The number of carbonyl (C=O) groups excluding carboxylic acids is 1. The van der Waals surface area contributed by atoms with E-state index in [9.17, 15) is 28.1 Å². The molecule has 10 heteroatoms. The van der Waals surface area contributed by atoms with Crippen molar-refractivity contribution in [1.29, 1.82) is 0 Å². The number of methoxy groups -OCH3 is 1. The van der Waals surface area contributed by atoms with Crippen LogP contribution in [0, 0.1) is 13.7 Å². The first kappa shape index (κ1) is 19.0. The molecule has 0 saturated heterocycles. The molecule has 0 fully saturated rings. The Labute approximate surface area is 152 Å². The minimum Gasteiger partial charge on any atom is -0.465 e. The summed E-state index contributed by atoms with van der Waals surface area (Å²) >= 11 is 1.73. The Morgan fingerprint density at radius 3 is 2.44 bits per heavy atom. The molecule has 0 aliphatic rings. The molecule has 0 unspecified atom stereocenters. The van der Waals surface area contributed by atoms with Crippen molar-refractivity contribution in [3.05, 3.63) is 61.2 Å². The molecule has 132 valence electrons. The fourth-order valence-corrected chi connectivity index (χ4v) is 2.44. The SMILES string of the molecule is COC(=O)c1cc(Oc2ccc(I)cc2C(F)(F)F)ccc1[N+](=O)[O-]. The molecule has 0 radical (unpaired) electrons. The van der Waals surface area contributed by atoms with Gasteiger partial charge >= 0.3 is 12.1 Å². The molecule has 0 aliphatic heterocycles. The number of nitrogens with zero attached hydrogens (tertiary/aromatic N) is 1. The van der Waals surface area contributed by atoms with Gasteiger partial charge in [-0.15, -0.1) is 0 Å². The highest BCUT2D eigenvalue weighted by molar-refractivity contribution is 14.1. The maximum Gasteiger partial charge on any atom is 0.420 e. The highest BCUT2D eigenvalue weighted by Crippen LogP contribution is 2.39. The van der Waals surface area contributed by atoms with Gasteiger partial charge in [-0.25, -0.2) is 4.79 Å². The van der Waals surface area contributed by atoms with Crippen LogP contribution in [0.5, 0.6) is 11.5 Å². The number of carbonyl (C=O) groups is 1. The third-order valence-corrected chi connectivity index (χ3v) is 3.72. The molecule has 2 aromatic rings. The molecule has 6 nitrogen and oxygen atoms in total. The number of benzene rings is 2. The van der Waals surface area contributed by atoms with Crippen LogP contribution in [-0.2, 0) is 10.9 Å². The fraction of sp³-hybridized carbons (Fsp3) is 0.133. The number of nitro benzene ring substituents is 1. The lowest BCUT2D eigenvalue weighted by atomic mass is 10.1. The molecule has 0 aromatic heterocycles. The van der Waals surface area contributed by atoms with Crippen molar-refractivity contribution in [2.24, 2.45) is 0 Å². The normalized spacial score (nSPS) is 11.1. The molecule has 0 bridgehead atoms. The number of esters is 1. The number of hydrogen-bond donors (Lipinski definition) is 0. The lowest BCUT2D eigenvalue weighted by Gasteiger charge is -2.14. The topological polar surface area (TPSA) is 78.7 Å². The predicted octanol–water partition coefficient (Wildman–Crippen LogP) is 4.80.